The van der Waals surface area contributed by atoms with Crippen LogP contribution in [0.25, 0.3) is 0 Å². The largest absolute Gasteiger partial charge is 0.331 e. The molecule has 0 saturated carbocycles. The van der Waals surface area contributed by atoms with Crippen LogP contribution in [-0.4, -0.2) is 30.6 Å². The lowest BCUT2D eigenvalue weighted by Crippen LogP contribution is -2.71. The third-order valence-corrected chi connectivity index (χ3v) is 31.9. The van der Waals surface area contributed by atoms with Gasteiger partial charge in [-0.05, 0) is 79.1 Å². The molecule has 4 rings (SSSR count). The molecule has 248 valence electrons. The van der Waals surface area contributed by atoms with Gasteiger partial charge < -0.3 is 4.74 Å². The fourth-order valence-electron chi connectivity index (χ4n) is 4.89. The second-order valence-electron chi connectivity index (χ2n) is 10.5. The standard InChI is InChI=1S/C28H18Br16O/c29-13-17-5-1-15(2-6-17)9-21(33)23(35,36)11-19(31)25(39,27(21,41)42)45-26(40)20(32)12-24(37,38)22(34,28(26,43)44)10-16-3-7-18(14-30)8-4-16/h1-8,11-12H,9-10,13-14H2. The fourth-order valence-corrected chi connectivity index (χ4v) is 20.7. The number of hydrogen-bond donors (Lipinski definition) is 0. The van der Waals surface area contributed by atoms with E-state index in [-0.39, 0.29) is 0 Å². The van der Waals surface area contributed by atoms with Crippen molar-refractivity contribution in [3.63, 3.8) is 0 Å². The monoisotopic (exact) mass is 1630 g/mol. The van der Waals surface area contributed by atoms with E-state index in [1.807, 2.05) is 12.2 Å². The molecule has 4 atom stereocenters. The maximum atomic E-state index is 7.35. The topological polar surface area (TPSA) is 9.23 Å². The quantitative estimate of drug-likeness (QED) is 0.239. The van der Waals surface area contributed by atoms with Crippen molar-refractivity contribution in [3.8, 4) is 0 Å². The van der Waals surface area contributed by atoms with Crippen molar-refractivity contribution in [2.45, 2.75) is 54.1 Å². The summed E-state index contributed by atoms with van der Waals surface area (Å²) in [7, 11) is 0. The molecular weight excluding hydrogens is 1630 g/mol. The zero-order chi connectivity index (χ0) is 34.1. The molecule has 0 saturated heterocycles. The van der Waals surface area contributed by atoms with Crippen LogP contribution in [-0.2, 0) is 28.2 Å². The Morgan fingerprint density at radius 1 is 0.444 bits per heavy atom. The number of allylic oxidation sites excluding steroid dienone is 2. The van der Waals surface area contributed by atoms with Gasteiger partial charge in [-0.1, -0.05) is 272 Å². The lowest BCUT2D eigenvalue weighted by Gasteiger charge is -2.61. The Hall–Kier alpha value is 5.56. The van der Waals surface area contributed by atoms with Gasteiger partial charge in [-0.15, -0.1) is 0 Å². The van der Waals surface area contributed by atoms with Gasteiger partial charge in [-0.25, -0.2) is 0 Å². The molecule has 0 radical (unpaired) electrons. The normalized spacial score (nSPS) is 33.3. The van der Waals surface area contributed by atoms with Gasteiger partial charge in [0.2, 0.25) is 0 Å². The summed E-state index contributed by atoms with van der Waals surface area (Å²) in [5.74, 6) is 0. The summed E-state index contributed by atoms with van der Waals surface area (Å²) in [6.07, 6.45) is 5.26. The molecular formula is C28H18Br16O. The molecule has 2 aliphatic rings. The zero-order valence-corrected chi connectivity index (χ0v) is 47.4. The summed E-state index contributed by atoms with van der Waals surface area (Å²) in [5.41, 5.74) is 4.65. The van der Waals surface area contributed by atoms with Gasteiger partial charge in [0.15, 0.2) is 9.02 Å². The van der Waals surface area contributed by atoms with Gasteiger partial charge >= 0.3 is 0 Å². The van der Waals surface area contributed by atoms with Gasteiger partial charge in [0, 0.05) is 19.6 Å². The van der Waals surface area contributed by atoms with Crippen LogP contribution in [0.3, 0.4) is 0 Å². The summed E-state index contributed by atoms with van der Waals surface area (Å²) in [6, 6.07) is 17.0. The maximum Gasteiger partial charge on any atom is 0.183 e. The van der Waals surface area contributed by atoms with E-state index < -0.39 is 30.6 Å². The SMILES string of the molecule is BrCc1ccc(CC2(Br)C(Br)(Br)C=C(Br)C(Br)(OC3(Br)C(Br)=CC(Br)(Br)C(Br)(Cc4ccc(CBr)cc4)C3(Br)Br)C2(Br)Br)cc1. The molecule has 0 bridgehead atoms. The van der Waals surface area contributed by atoms with Crippen molar-refractivity contribution < 1.29 is 4.74 Å². The van der Waals surface area contributed by atoms with Crippen LogP contribution in [0.1, 0.15) is 22.3 Å². The summed E-state index contributed by atoms with van der Waals surface area (Å²) < 4.78 is 1.34. The lowest BCUT2D eigenvalue weighted by atomic mass is 9.84. The van der Waals surface area contributed by atoms with Crippen molar-refractivity contribution in [1.29, 1.82) is 0 Å². The van der Waals surface area contributed by atoms with E-state index in [4.69, 9.17) is 4.74 Å². The minimum atomic E-state index is -1.22. The molecule has 0 aliphatic heterocycles. The number of ether oxygens (including phenoxy) is 1. The van der Waals surface area contributed by atoms with Crippen molar-refractivity contribution in [2.75, 3.05) is 0 Å². The highest BCUT2D eigenvalue weighted by Gasteiger charge is 2.76. The molecule has 45 heavy (non-hydrogen) atoms. The van der Waals surface area contributed by atoms with Gasteiger partial charge in [0.25, 0.3) is 0 Å². The van der Waals surface area contributed by atoms with Gasteiger partial charge in [-0.2, -0.15) is 0 Å². The van der Waals surface area contributed by atoms with Crippen LogP contribution >= 0.6 is 255 Å². The fraction of sp³-hybridized carbons (Fsp3) is 0.429. The average Bonchev–Trinajstić information content (AvgIpc) is 2.95. The highest BCUT2D eigenvalue weighted by Crippen LogP contribution is 2.75. The van der Waals surface area contributed by atoms with Gasteiger partial charge in [-0.3, -0.25) is 0 Å². The number of rotatable bonds is 8. The Labute approximate surface area is 398 Å². The zero-order valence-electron chi connectivity index (χ0n) is 22.1. The first-order valence-corrected chi connectivity index (χ1v) is 25.9. The van der Waals surface area contributed by atoms with Crippen molar-refractivity contribution in [2.24, 2.45) is 0 Å². The van der Waals surface area contributed by atoms with E-state index >= 15 is 0 Å². The summed E-state index contributed by atoms with van der Waals surface area (Å²) in [5, 5.41) is 1.58. The minimum Gasteiger partial charge on any atom is -0.331 e. The molecule has 2 aromatic carbocycles. The Kier molecular flexibility index (Phi) is 15.0. The Balaban J connectivity index is 1.84. The third-order valence-electron chi connectivity index (χ3n) is 7.62. The Morgan fingerprint density at radius 2 is 0.711 bits per heavy atom. The first-order valence-electron chi connectivity index (χ1n) is 12.5. The molecule has 0 amide bonds. The lowest BCUT2D eigenvalue weighted by molar-refractivity contribution is -0.0209. The number of benzene rings is 2. The Bertz CT molecular complexity index is 1380. The number of halogens is 16. The molecule has 17 heteroatoms. The van der Waals surface area contributed by atoms with E-state index in [0.29, 0.717) is 12.8 Å². The van der Waals surface area contributed by atoms with Crippen molar-refractivity contribution in [1.82, 2.24) is 0 Å². The Morgan fingerprint density at radius 3 is 0.978 bits per heavy atom. The molecule has 0 spiro atoms. The predicted molar refractivity (Wildman–Crippen MR) is 250 cm³/mol. The van der Waals surface area contributed by atoms with E-state index in [2.05, 4.69) is 303 Å². The summed E-state index contributed by atoms with van der Waals surface area (Å²) >= 11 is 63.6. The van der Waals surface area contributed by atoms with Crippen LogP contribution < -0.4 is 0 Å². The molecule has 1 nitrogen and oxygen atoms in total. The highest BCUT2D eigenvalue weighted by molar-refractivity contribution is 9.29. The first-order chi connectivity index (χ1) is 20.5. The molecule has 0 N–H and O–H groups in total. The van der Waals surface area contributed by atoms with Crippen molar-refractivity contribution >= 4 is 255 Å². The van der Waals surface area contributed by atoms with Crippen LogP contribution in [0.4, 0.5) is 0 Å². The number of alkyl halides is 14. The second-order valence-corrected chi connectivity index (χ2v) is 32.3. The molecule has 2 aromatic rings. The van der Waals surface area contributed by atoms with E-state index in [0.717, 1.165) is 30.8 Å². The van der Waals surface area contributed by atoms with Crippen molar-refractivity contribution in [3.05, 3.63) is 91.9 Å². The smallest absolute Gasteiger partial charge is 0.183 e. The van der Waals surface area contributed by atoms with E-state index in [1.165, 1.54) is 11.1 Å². The van der Waals surface area contributed by atoms with Crippen LogP contribution in [0.2, 0.25) is 0 Å². The van der Waals surface area contributed by atoms with E-state index in [9.17, 15) is 0 Å². The maximum absolute atomic E-state index is 7.35. The number of hydrogen-bond acceptors (Lipinski definition) is 1. The van der Waals surface area contributed by atoms with Crippen LogP contribution in [0, 0.1) is 0 Å². The van der Waals surface area contributed by atoms with Crippen LogP contribution in [0.5, 0.6) is 0 Å². The molecule has 4 unspecified atom stereocenters. The molecule has 0 heterocycles. The minimum absolute atomic E-state index is 0.592. The molecule has 2 aliphatic carbocycles. The first kappa shape index (κ1) is 43.3. The highest BCUT2D eigenvalue weighted by atomic mass is 79.9. The second kappa shape index (κ2) is 15.6. The summed E-state index contributed by atoms with van der Waals surface area (Å²) in [6.45, 7) is 0. The summed E-state index contributed by atoms with van der Waals surface area (Å²) in [4.78, 5) is 0. The average molecular weight is 1650 g/mol. The van der Waals surface area contributed by atoms with Crippen LogP contribution in [0.15, 0.2) is 69.6 Å². The van der Waals surface area contributed by atoms with Gasteiger partial charge in [0.05, 0.1) is 8.65 Å². The third kappa shape index (κ3) is 7.59. The predicted octanol–water partition coefficient (Wildman–Crippen LogP) is 16.3. The molecule has 0 fully saturated rings. The van der Waals surface area contributed by atoms with E-state index in [1.54, 1.807) is 0 Å². The van der Waals surface area contributed by atoms with Gasteiger partial charge in [0.1, 0.15) is 12.9 Å². The molecule has 0 aromatic heterocycles.